The monoisotopic (exact) mass is 257 g/mol. The van der Waals surface area contributed by atoms with Gasteiger partial charge in [0.1, 0.15) is 0 Å². The Labute approximate surface area is 112 Å². The van der Waals surface area contributed by atoms with E-state index in [0.717, 1.165) is 45.3 Å². The summed E-state index contributed by atoms with van der Waals surface area (Å²) in [6.45, 7) is 13.3. The van der Waals surface area contributed by atoms with Crippen molar-refractivity contribution in [1.82, 2.24) is 15.1 Å². The molecule has 0 bridgehead atoms. The molecular weight excluding hydrogens is 226 g/mol. The molecule has 1 aliphatic carbocycles. The first-order chi connectivity index (χ1) is 8.71. The zero-order valence-electron chi connectivity index (χ0n) is 12.4. The van der Waals surface area contributed by atoms with E-state index in [-0.39, 0.29) is 6.10 Å². The quantitative estimate of drug-likeness (QED) is 0.536. The van der Waals surface area contributed by atoms with Crippen molar-refractivity contribution in [2.24, 2.45) is 0 Å². The molecule has 1 unspecified atom stereocenters. The Morgan fingerprint density at radius 1 is 1.17 bits per heavy atom. The highest BCUT2D eigenvalue weighted by molar-refractivity contribution is 4.84. The van der Waals surface area contributed by atoms with E-state index in [9.17, 15) is 5.11 Å². The number of likely N-dealkylation sites (N-methyl/N-ethyl adjacent to an activating group) is 2. The van der Waals surface area contributed by atoms with Crippen LogP contribution in [0.3, 0.4) is 0 Å². The first-order valence-corrected chi connectivity index (χ1v) is 7.56. The van der Waals surface area contributed by atoms with Gasteiger partial charge in [0.2, 0.25) is 0 Å². The second kappa shape index (κ2) is 8.86. The van der Waals surface area contributed by atoms with Gasteiger partial charge in [-0.25, -0.2) is 0 Å². The molecule has 0 aromatic carbocycles. The Morgan fingerprint density at radius 3 is 2.33 bits per heavy atom. The van der Waals surface area contributed by atoms with E-state index < -0.39 is 0 Å². The normalized spacial score (nSPS) is 17.7. The molecule has 0 amide bonds. The van der Waals surface area contributed by atoms with E-state index in [1.807, 2.05) is 0 Å². The van der Waals surface area contributed by atoms with Gasteiger partial charge in [-0.3, -0.25) is 4.90 Å². The molecule has 4 nitrogen and oxygen atoms in total. The number of rotatable bonds is 11. The van der Waals surface area contributed by atoms with Gasteiger partial charge in [0, 0.05) is 32.2 Å². The SMILES string of the molecule is CCN(CC)CC(O)CNCCN(CC)C1CC1. The van der Waals surface area contributed by atoms with Gasteiger partial charge in [-0.2, -0.15) is 0 Å². The minimum Gasteiger partial charge on any atom is -0.390 e. The highest BCUT2D eigenvalue weighted by atomic mass is 16.3. The van der Waals surface area contributed by atoms with Gasteiger partial charge < -0.3 is 15.3 Å². The largest absolute Gasteiger partial charge is 0.390 e. The molecule has 1 atom stereocenters. The van der Waals surface area contributed by atoms with Gasteiger partial charge in [0.15, 0.2) is 0 Å². The van der Waals surface area contributed by atoms with Gasteiger partial charge in [-0.1, -0.05) is 20.8 Å². The predicted octanol–water partition coefficient (Wildman–Crippen LogP) is 0.763. The first kappa shape index (κ1) is 15.9. The molecule has 2 N–H and O–H groups in total. The topological polar surface area (TPSA) is 38.7 Å². The molecule has 0 aromatic heterocycles. The van der Waals surface area contributed by atoms with E-state index in [1.165, 1.54) is 12.8 Å². The molecule has 1 fully saturated rings. The molecule has 0 saturated heterocycles. The van der Waals surface area contributed by atoms with Gasteiger partial charge in [-0.05, 0) is 32.5 Å². The van der Waals surface area contributed by atoms with Crippen LogP contribution >= 0.6 is 0 Å². The number of nitrogens with zero attached hydrogens (tertiary/aromatic N) is 2. The van der Waals surface area contributed by atoms with E-state index in [2.05, 4.69) is 35.9 Å². The summed E-state index contributed by atoms with van der Waals surface area (Å²) in [6.07, 6.45) is 2.50. The summed E-state index contributed by atoms with van der Waals surface area (Å²) in [7, 11) is 0. The molecule has 0 heterocycles. The van der Waals surface area contributed by atoms with Crippen LogP contribution in [0.5, 0.6) is 0 Å². The summed E-state index contributed by atoms with van der Waals surface area (Å²) < 4.78 is 0. The fourth-order valence-electron chi connectivity index (χ4n) is 2.37. The zero-order valence-corrected chi connectivity index (χ0v) is 12.4. The lowest BCUT2D eigenvalue weighted by Gasteiger charge is -2.23. The minimum atomic E-state index is -0.249. The van der Waals surface area contributed by atoms with Crippen LogP contribution in [0.2, 0.25) is 0 Å². The molecule has 108 valence electrons. The Balaban J connectivity index is 2.02. The van der Waals surface area contributed by atoms with E-state index >= 15 is 0 Å². The van der Waals surface area contributed by atoms with Crippen molar-refractivity contribution in [3.05, 3.63) is 0 Å². The van der Waals surface area contributed by atoms with Crippen LogP contribution in [0.4, 0.5) is 0 Å². The van der Waals surface area contributed by atoms with E-state index in [1.54, 1.807) is 0 Å². The second-order valence-electron chi connectivity index (χ2n) is 5.20. The Bertz CT molecular complexity index is 205. The molecule has 1 saturated carbocycles. The molecule has 18 heavy (non-hydrogen) atoms. The van der Waals surface area contributed by atoms with Gasteiger partial charge >= 0.3 is 0 Å². The molecule has 0 aliphatic heterocycles. The molecule has 1 rings (SSSR count). The number of hydrogen-bond acceptors (Lipinski definition) is 4. The Hall–Kier alpha value is -0.160. The summed E-state index contributed by atoms with van der Waals surface area (Å²) in [6, 6.07) is 0.845. The fraction of sp³-hybridized carbons (Fsp3) is 1.00. The molecular formula is C14H31N3O. The maximum atomic E-state index is 9.91. The van der Waals surface area contributed by atoms with Crippen molar-refractivity contribution in [3.63, 3.8) is 0 Å². The van der Waals surface area contributed by atoms with Crippen molar-refractivity contribution in [1.29, 1.82) is 0 Å². The fourth-order valence-corrected chi connectivity index (χ4v) is 2.37. The van der Waals surface area contributed by atoms with Crippen LogP contribution in [0.25, 0.3) is 0 Å². The van der Waals surface area contributed by atoms with Gasteiger partial charge in [0.05, 0.1) is 6.10 Å². The van der Waals surface area contributed by atoms with Crippen LogP contribution in [0.15, 0.2) is 0 Å². The lowest BCUT2D eigenvalue weighted by Crippen LogP contribution is -2.40. The molecule has 0 radical (unpaired) electrons. The number of hydrogen-bond donors (Lipinski definition) is 2. The Morgan fingerprint density at radius 2 is 1.83 bits per heavy atom. The van der Waals surface area contributed by atoms with Crippen LogP contribution in [0.1, 0.15) is 33.6 Å². The van der Waals surface area contributed by atoms with Crippen LogP contribution in [-0.4, -0.2) is 72.9 Å². The summed E-state index contributed by atoms with van der Waals surface area (Å²) in [5, 5.41) is 13.3. The van der Waals surface area contributed by atoms with Crippen molar-refractivity contribution in [3.8, 4) is 0 Å². The lowest BCUT2D eigenvalue weighted by molar-refractivity contribution is 0.116. The maximum Gasteiger partial charge on any atom is 0.0791 e. The predicted molar refractivity (Wildman–Crippen MR) is 76.9 cm³/mol. The average Bonchev–Trinajstić information content (AvgIpc) is 3.20. The molecule has 0 spiro atoms. The van der Waals surface area contributed by atoms with Crippen LogP contribution in [0, 0.1) is 0 Å². The van der Waals surface area contributed by atoms with Crippen molar-refractivity contribution in [2.45, 2.75) is 45.8 Å². The summed E-state index contributed by atoms with van der Waals surface area (Å²) >= 11 is 0. The summed E-state index contributed by atoms with van der Waals surface area (Å²) in [5.74, 6) is 0. The molecule has 0 aromatic rings. The summed E-state index contributed by atoms with van der Waals surface area (Å²) in [4.78, 5) is 4.79. The van der Waals surface area contributed by atoms with Crippen molar-refractivity contribution < 1.29 is 5.11 Å². The smallest absolute Gasteiger partial charge is 0.0791 e. The number of nitrogens with one attached hydrogen (secondary N) is 1. The van der Waals surface area contributed by atoms with Crippen LogP contribution < -0.4 is 5.32 Å². The molecule has 4 heteroatoms. The third-order valence-corrected chi connectivity index (χ3v) is 3.79. The lowest BCUT2D eigenvalue weighted by atomic mass is 10.3. The van der Waals surface area contributed by atoms with E-state index in [4.69, 9.17) is 0 Å². The average molecular weight is 257 g/mol. The third kappa shape index (κ3) is 6.14. The first-order valence-electron chi connectivity index (χ1n) is 7.56. The Kier molecular flexibility index (Phi) is 7.82. The second-order valence-corrected chi connectivity index (χ2v) is 5.20. The standard InChI is InChI=1S/C14H31N3O/c1-4-16(5-2)12-14(18)11-15-9-10-17(6-3)13-7-8-13/h13-15,18H,4-12H2,1-3H3. The van der Waals surface area contributed by atoms with Crippen molar-refractivity contribution in [2.75, 3.05) is 45.8 Å². The number of aliphatic hydroxyl groups excluding tert-OH is 1. The zero-order chi connectivity index (χ0) is 13.4. The highest BCUT2D eigenvalue weighted by Crippen LogP contribution is 2.25. The maximum absolute atomic E-state index is 9.91. The summed E-state index contributed by atoms with van der Waals surface area (Å²) in [5.41, 5.74) is 0. The van der Waals surface area contributed by atoms with Gasteiger partial charge in [-0.15, -0.1) is 0 Å². The number of aliphatic hydroxyl groups is 1. The third-order valence-electron chi connectivity index (χ3n) is 3.79. The van der Waals surface area contributed by atoms with E-state index in [0.29, 0.717) is 6.54 Å². The minimum absolute atomic E-state index is 0.249. The van der Waals surface area contributed by atoms with Gasteiger partial charge in [0.25, 0.3) is 0 Å². The molecule has 1 aliphatic rings. The van der Waals surface area contributed by atoms with Crippen LogP contribution in [-0.2, 0) is 0 Å². The van der Waals surface area contributed by atoms with Crippen molar-refractivity contribution >= 4 is 0 Å². The highest BCUT2D eigenvalue weighted by Gasteiger charge is 2.27.